The summed E-state index contributed by atoms with van der Waals surface area (Å²) in [5.74, 6) is -0.0909. The van der Waals surface area contributed by atoms with Crippen LogP contribution in [0.15, 0.2) is 10.9 Å². The monoisotopic (exact) mass is 443 g/mol. The van der Waals surface area contributed by atoms with Crippen LogP contribution in [0.1, 0.15) is 58.0 Å². The number of carbonyl (C=O) groups is 1. The van der Waals surface area contributed by atoms with Gasteiger partial charge in [0.25, 0.3) is 11.5 Å². The molecule has 1 atom stereocenters. The molecule has 164 valence electrons. The first kappa shape index (κ1) is 20.3. The molecule has 0 unspecified atom stereocenters. The fourth-order valence-corrected chi connectivity index (χ4v) is 5.41. The molecule has 9 nitrogen and oxygen atoms in total. The van der Waals surface area contributed by atoms with Gasteiger partial charge in [-0.3, -0.25) is 19.1 Å². The lowest BCUT2D eigenvalue weighted by Crippen LogP contribution is -2.35. The molecule has 0 bridgehead atoms. The Balaban J connectivity index is 1.71. The molecular weight excluding hydrogens is 418 g/mol. The lowest BCUT2D eigenvalue weighted by molar-refractivity contribution is -0.0796. The third-order valence-corrected chi connectivity index (χ3v) is 6.99. The molecule has 3 aromatic heterocycles. The van der Waals surface area contributed by atoms with E-state index in [-0.39, 0.29) is 18.7 Å². The van der Waals surface area contributed by atoms with Crippen LogP contribution < -0.4 is 5.56 Å². The van der Waals surface area contributed by atoms with Crippen molar-refractivity contribution >= 4 is 27.3 Å². The Kier molecular flexibility index (Phi) is 4.58. The number of hydrogen-bond acceptors (Lipinski definition) is 7. The van der Waals surface area contributed by atoms with Gasteiger partial charge in [-0.2, -0.15) is 10.2 Å². The second kappa shape index (κ2) is 6.98. The van der Waals surface area contributed by atoms with Crippen LogP contribution in [-0.2, 0) is 18.4 Å². The van der Waals surface area contributed by atoms with Gasteiger partial charge in [-0.05, 0) is 39.7 Å². The van der Waals surface area contributed by atoms with E-state index in [1.807, 2.05) is 24.6 Å². The number of carbonyl (C=O) groups excluding carboxylic acids is 1. The van der Waals surface area contributed by atoms with Crippen molar-refractivity contribution in [2.24, 2.45) is 7.05 Å². The van der Waals surface area contributed by atoms with E-state index >= 15 is 0 Å². The SMILES string of the molecule is Cc1cc(C)n(Cc2sc3c(C4CC4)nn(C)c(=O)c3c2C(=O)N2C[C@](C)(O)CO2)n1. The zero-order chi connectivity index (χ0) is 22.1. The number of aryl methyl sites for hydroxylation is 3. The largest absolute Gasteiger partial charge is 0.386 e. The van der Waals surface area contributed by atoms with E-state index in [9.17, 15) is 14.7 Å². The van der Waals surface area contributed by atoms with Gasteiger partial charge in [0.2, 0.25) is 0 Å². The summed E-state index contributed by atoms with van der Waals surface area (Å²) in [6, 6.07) is 1.98. The van der Waals surface area contributed by atoms with E-state index in [1.165, 1.54) is 21.1 Å². The zero-order valence-electron chi connectivity index (χ0n) is 18.0. The molecule has 4 heterocycles. The first-order valence-electron chi connectivity index (χ1n) is 10.4. The van der Waals surface area contributed by atoms with Crippen molar-refractivity contribution in [3.05, 3.63) is 43.9 Å². The summed E-state index contributed by atoms with van der Waals surface area (Å²) >= 11 is 1.44. The van der Waals surface area contributed by atoms with Crippen LogP contribution in [0.2, 0.25) is 0 Å². The number of amides is 1. The maximum atomic E-state index is 13.6. The number of aliphatic hydroxyl groups is 1. The predicted molar refractivity (Wildman–Crippen MR) is 115 cm³/mol. The molecule has 3 aromatic rings. The van der Waals surface area contributed by atoms with Gasteiger partial charge < -0.3 is 5.11 Å². The molecule has 0 spiro atoms. The predicted octanol–water partition coefficient (Wildman–Crippen LogP) is 1.87. The number of thiophene rings is 1. The Hall–Kier alpha value is -2.56. The lowest BCUT2D eigenvalue weighted by atomic mass is 10.1. The van der Waals surface area contributed by atoms with Crippen LogP contribution in [0.4, 0.5) is 0 Å². The molecule has 2 aliphatic rings. The first-order valence-corrected chi connectivity index (χ1v) is 11.2. The minimum atomic E-state index is -1.12. The number of hydroxylamine groups is 2. The third kappa shape index (κ3) is 3.48. The van der Waals surface area contributed by atoms with Gasteiger partial charge in [0.1, 0.15) is 12.2 Å². The third-order valence-electron chi connectivity index (χ3n) is 5.80. The summed E-state index contributed by atoms with van der Waals surface area (Å²) in [6.45, 7) is 5.95. The van der Waals surface area contributed by atoms with Gasteiger partial charge in [0.15, 0.2) is 0 Å². The van der Waals surface area contributed by atoms with Crippen molar-refractivity contribution in [1.29, 1.82) is 0 Å². The number of hydrogen-bond donors (Lipinski definition) is 1. The fraction of sp³-hybridized carbons (Fsp3) is 0.524. The van der Waals surface area contributed by atoms with Crippen molar-refractivity contribution in [2.45, 2.75) is 51.7 Å². The van der Waals surface area contributed by atoms with E-state index < -0.39 is 11.5 Å². The van der Waals surface area contributed by atoms with Crippen molar-refractivity contribution < 1.29 is 14.7 Å². The van der Waals surface area contributed by atoms with Gasteiger partial charge in [0.05, 0.1) is 40.1 Å². The van der Waals surface area contributed by atoms with E-state index in [0.29, 0.717) is 23.4 Å². The maximum Gasteiger partial charge on any atom is 0.279 e. The quantitative estimate of drug-likeness (QED) is 0.661. The summed E-state index contributed by atoms with van der Waals surface area (Å²) in [7, 11) is 1.62. The van der Waals surface area contributed by atoms with Crippen LogP contribution in [0.3, 0.4) is 0 Å². The molecule has 1 saturated carbocycles. The van der Waals surface area contributed by atoms with Crippen LogP contribution in [-0.4, -0.2) is 54.4 Å². The van der Waals surface area contributed by atoms with Crippen LogP contribution in [0, 0.1) is 13.8 Å². The number of rotatable bonds is 4. The first-order chi connectivity index (χ1) is 14.6. The molecule has 0 radical (unpaired) electrons. The number of fused-ring (bicyclic) bond motifs is 1. The minimum Gasteiger partial charge on any atom is -0.386 e. The Labute approximate surface area is 182 Å². The highest BCUT2D eigenvalue weighted by Gasteiger charge is 2.39. The van der Waals surface area contributed by atoms with Gasteiger partial charge in [-0.1, -0.05) is 0 Å². The highest BCUT2D eigenvalue weighted by molar-refractivity contribution is 7.19. The highest BCUT2D eigenvalue weighted by Crippen LogP contribution is 2.44. The van der Waals surface area contributed by atoms with E-state index in [0.717, 1.165) is 39.5 Å². The molecule has 1 N–H and O–H groups in total. The van der Waals surface area contributed by atoms with E-state index in [2.05, 4.69) is 10.2 Å². The molecule has 1 amide bonds. The van der Waals surface area contributed by atoms with Crippen LogP contribution >= 0.6 is 11.3 Å². The zero-order valence-corrected chi connectivity index (χ0v) is 18.8. The summed E-state index contributed by atoms with van der Waals surface area (Å²) in [4.78, 5) is 33.0. The normalized spacial score (nSPS) is 21.4. The summed E-state index contributed by atoms with van der Waals surface area (Å²) in [5, 5.41) is 20.9. The van der Waals surface area contributed by atoms with Gasteiger partial charge in [-0.25, -0.2) is 9.75 Å². The number of β-amino-alcohol motifs (C(OH)–C–C–N with tert-alkyl or cyclic N) is 1. The molecule has 10 heteroatoms. The molecule has 1 aliphatic heterocycles. The van der Waals surface area contributed by atoms with Gasteiger partial charge in [-0.15, -0.1) is 11.3 Å². The average molecular weight is 444 g/mol. The van der Waals surface area contributed by atoms with E-state index in [4.69, 9.17) is 4.84 Å². The molecular formula is C21H25N5O4S. The molecule has 31 heavy (non-hydrogen) atoms. The summed E-state index contributed by atoms with van der Waals surface area (Å²) in [5.41, 5.74) is 1.65. The Morgan fingerprint density at radius 1 is 1.35 bits per heavy atom. The van der Waals surface area contributed by atoms with Gasteiger partial charge in [0, 0.05) is 23.5 Å². The standard InChI is InChI=1S/C21H25N5O4S/c1-11-7-12(2)25(22-11)8-14-15(20(28)26-9-21(3,29)10-30-26)16-18(31-14)17(13-5-6-13)23-24(4)19(16)27/h7,13,29H,5-6,8-10H2,1-4H3/t21-/m0/s1. The second-order valence-electron chi connectivity index (χ2n) is 8.89. The molecule has 1 aliphatic carbocycles. The fourth-order valence-electron chi connectivity index (χ4n) is 4.08. The lowest BCUT2D eigenvalue weighted by Gasteiger charge is -2.16. The highest BCUT2D eigenvalue weighted by atomic mass is 32.1. The minimum absolute atomic E-state index is 0.0283. The van der Waals surface area contributed by atoms with Crippen molar-refractivity contribution in [2.75, 3.05) is 13.2 Å². The smallest absolute Gasteiger partial charge is 0.279 e. The van der Waals surface area contributed by atoms with Crippen molar-refractivity contribution in [3.63, 3.8) is 0 Å². The second-order valence-corrected chi connectivity index (χ2v) is 9.99. The topological polar surface area (TPSA) is 102 Å². The number of aromatic nitrogens is 4. The number of nitrogens with zero attached hydrogens (tertiary/aromatic N) is 5. The Morgan fingerprint density at radius 2 is 2.10 bits per heavy atom. The maximum absolute atomic E-state index is 13.6. The average Bonchev–Trinajstić information content (AvgIpc) is 3.27. The van der Waals surface area contributed by atoms with Crippen LogP contribution in [0.25, 0.3) is 10.1 Å². The van der Waals surface area contributed by atoms with Crippen molar-refractivity contribution in [1.82, 2.24) is 24.6 Å². The molecule has 0 aromatic carbocycles. The Morgan fingerprint density at radius 3 is 2.68 bits per heavy atom. The molecule has 5 rings (SSSR count). The Bertz CT molecular complexity index is 1270. The van der Waals surface area contributed by atoms with Gasteiger partial charge >= 0.3 is 0 Å². The summed E-state index contributed by atoms with van der Waals surface area (Å²) < 4.78 is 3.94. The van der Waals surface area contributed by atoms with E-state index in [1.54, 1.807) is 14.0 Å². The molecule has 1 saturated heterocycles. The van der Waals surface area contributed by atoms with Crippen LogP contribution in [0.5, 0.6) is 0 Å². The summed E-state index contributed by atoms with van der Waals surface area (Å²) in [6.07, 6.45) is 2.07. The molecule has 2 fully saturated rings. The van der Waals surface area contributed by atoms with Crippen molar-refractivity contribution in [3.8, 4) is 0 Å².